The fourth-order valence-electron chi connectivity index (χ4n) is 2.70. The molecule has 0 aliphatic heterocycles. The lowest BCUT2D eigenvalue weighted by molar-refractivity contribution is -0.140. The van der Waals surface area contributed by atoms with Gasteiger partial charge in [0.15, 0.2) is 5.16 Å². The van der Waals surface area contributed by atoms with E-state index in [-0.39, 0.29) is 22.8 Å². The number of fused-ring (bicyclic) bond motifs is 1. The van der Waals surface area contributed by atoms with Gasteiger partial charge in [0.1, 0.15) is 10.1 Å². The first-order valence-corrected chi connectivity index (χ1v) is 10.3. The van der Waals surface area contributed by atoms with Gasteiger partial charge in [-0.3, -0.25) is 14.2 Å². The number of carbonyl (C=O) groups excluding carboxylic acids is 1. The highest BCUT2D eigenvalue weighted by Gasteiger charge is 2.25. The van der Waals surface area contributed by atoms with Crippen LogP contribution in [-0.4, -0.2) is 27.9 Å². The van der Waals surface area contributed by atoms with Crippen molar-refractivity contribution in [3.8, 4) is 0 Å². The number of carbonyl (C=O) groups is 1. The number of aryl methyl sites for hydroxylation is 2. The quantitative estimate of drug-likeness (QED) is 0.401. The van der Waals surface area contributed by atoms with Gasteiger partial charge in [-0.2, -0.15) is 0 Å². The van der Waals surface area contributed by atoms with Gasteiger partial charge < -0.3 is 4.74 Å². The minimum atomic E-state index is -0.346. The monoisotopic (exact) mass is 382 g/mol. The van der Waals surface area contributed by atoms with E-state index in [0.29, 0.717) is 17.0 Å². The van der Waals surface area contributed by atoms with E-state index < -0.39 is 0 Å². The highest BCUT2D eigenvalue weighted by molar-refractivity contribution is 8.00. The third-order valence-electron chi connectivity index (χ3n) is 4.25. The highest BCUT2D eigenvalue weighted by atomic mass is 32.2. The van der Waals surface area contributed by atoms with Crippen molar-refractivity contribution >= 4 is 39.3 Å². The van der Waals surface area contributed by atoms with Crippen LogP contribution >= 0.6 is 23.1 Å². The molecule has 0 bridgehead atoms. The van der Waals surface area contributed by atoms with Gasteiger partial charge in [0, 0.05) is 10.9 Å². The molecular formula is C18H26N2O3S2. The molecule has 0 spiro atoms. The Morgan fingerprint density at radius 3 is 2.60 bits per heavy atom. The molecule has 0 aliphatic carbocycles. The van der Waals surface area contributed by atoms with Gasteiger partial charge in [-0.05, 0) is 39.7 Å². The molecule has 0 saturated carbocycles. The second-order valence-corrected chi connectivity index (χ2v) is 8.77. The third kappa shape index (κ3) is 4.08. The van der Waals surface area contributed by atoms with E-state index in [1.54, 1.807) is 4.57 Å². The third-order valence-corrected chi connectivity index (χ3v) is 6.56. The summed E-state index contributed by atoms with van der Waals surface area (Å²) in [5.41, 5.74) is 0.974. The molecule has 1 atom stereocenters. The van der Waals surface area contributed by atoms with Gasteiger partial charge in [-0.1, -0.05) is 31.5 Å². The lowest BCUT2D eigenvalue weighted by Gasteiger charge is -2.19. The van der Waals surface area contributed by atoms with Crippen molar-refractivity contribution in [3.63, 3.8) is 0 Å². The fourth-order valence-corrected chi connectivity index (χ4v) is 5.06. The Kier molecular flexibility index (Phi) is 6.68. The zero-order valence-electron chi connectivity index (χ0n) is 15.7. The van der Waals surface area contributed by atoms with Crippen LogP contribution in [0.2, 0.25) is 0 Å². The smallest absolute Gasteiger partial charge is 0.319 e. The second kappa shape index (κ2) is 8.36. The summed E-state index contributed by atoms with van der Waals surface area (Å²) < 4.78 is 6.65. The summed E-state index contributed by atoms with van der Waals surface area (Å²) in [6.45, 7) is 9.99. The van der Waals surface area contributed by atoms with Crippen molar-refractivity contribution in [1.29, 1.82) is 0 Å². The lowest BCUT2D eigenvalue weighted by Crippen LogP contribution is -2.27. The van der Waals surface area contributed by atoms with E-state index in [2.05, 4.69) is 6.92 Å². The Balaban J connectivity index is 2.57. The normalized spacial score (nSPS) is 12.8. The van der Waals surface area contributed by atoms with Crippen molar-refractivity contribution in [3.05, 3.63) is 20.8 Å². The predicted molar refractivity (Wildman–Crippen MR) is 105 cm³/mol. The predicted octanol–water partition coefficient (Wildman–Crippen LogP) is 4.48. The highest BCUT2D eigenvalue weighted by Crippen LogP contribution is 2.32. The number of unbranched alkanes of at least 4 members (excludes halogenated alkanes) is 1. The van der Waals surface area contributed by atoms with Gasteiger partial charge in [-0.25, -0.2) is 4.98 Å². The van der Waals surface area contributed by atoms with E-state index in [4.69, 9.17) is 9.72 Å². The largest absolute Gasteiger partial charge is 0.468 e. The number of thioether (sulfide) groups is 1. The molecule has 25 heavy (non-hydrogen) atoms. The lowest BCUT2D eigenvalue weighted by atomic mass is 10.2. The second-order valence-electron chi connectivity index (χ2n) is 6.40. The molecule has 2 aromatic heterocycles. The average molecular weight is 383 g/mol. The minimum absolute atomic E-state index is 0.0246. The van der Waals surface area contributed by atoms with Crippen molar-refractivity contribution in [1.82, 2.24) is 9.55 Å². The molecule has 2 rings (SSSR count). The summed E-state index contributed by atoms with van der Waals surface area (Å²) in [6.07, 6.45) is 2.64. The number of nitrogens with zero attached hydrogens (tertiary/aromatic N) is 2. The molecule has 0 radical (unpaired) electrons. The molecule has 0 aliphatic rings. The van der Waals surface area contributed by atoms with E-state index in [0.717, 1.165) is 28.1 Å². The number of methoxy groups -OCH3 is 1. The standard InChI is InChI=1S/C18H26N2O3S2/c1-7-8-9-13(17(22)23-6)25-18-19-15-14(11(4)12(5)24-15)16(21)20(18)10(2)3/h10,13H,7-9H2,1-6H3. The first-order chi connectivity index (χ1) is 11.8. The van der Waals surface area contributed by atoms with Gasteiger partial charge >= 0.3 is 5.97 Å². The summed E-state index contributed by atoms with van der Waals surface area (Å²) >= 11 is 2.88. The van der Waals surface area contributed by atoms with Crippen molar-refractivity contribution in [2.45, 2.75) is 70.3 Å². The Morgan fingerprint density at radius 1 is 1.36 bits per heavy atom. The zero-order chi connectivity index (χ0) is 18.7. The number of ether oxygens (including phenoxy) is 1. The summed E-state index contributed by atoms with van der Waals surface area (Å²) in [5, 5.41) is 0.949. The molecule has 0 fully saturated rings. The Bertz CT molecular complexity index is 824. The first-order valence-electron chi connectivity index (χ1n) is 8.58. The van der Waals surface area contributed by atoms with Crippen LogP contribution in [0.1, 0.15) is 56.5 Å². The fraction of sp³-hybridized carbons (Fsp3) is 0.611. The number of esters is 1. The Labute approximate surface area is 156 Å². The summed E-state index contributed by atoms with van der Waals surface area (Å²) in [7, 11) is 1.40. The topological polar surface area (TPSA) is 61.2 Å². The Hall–Kier alpha value is -1.34. The number of hydrogen-bond donors (Lipinski definition) is 0. The summed E-state index contributed by atoms with van der Waals surface area (Å²) in [5.74, 6) is -0.262. The van der Waals surface area contributed by atoms with Crippen LogP contribution in [0.25, 0.3) is 10.2 Å². The van der Waals surface area contributed by atoms with Crippen LogP contribution in [0.3, 0.4) is 0 Å². The van der Waals surface area contributed by atoms with E-state index in [1.165, 1.54) is 30.2 Å². The van der Waals surface area contributed by atoms with Crippen LogP contribution in [-0.2, 0) is 9.53 Å². The maximum Gasteiger partial charge on any atom is 0.319 e. The first kappa shape index (κ1) is 20.0. The maximum atomic E-state index is 13.1. The number of aromatic nitrogens is 2. The van der Waals surface area contributed by atoms with Gasteiger partial charge in [0.25, 0.3) is 5.56 Å². The van der Waals surface area contributed by atoms with E-state index >= 15 is 0 Å². The molecule has 0 N–H and O–H groups in total. The summed E-state index contributed by atoms with van der Waals surface area (Å²) in [4.78, 5) is 31.8. The number of rotatable bonds is 7. The molecular weight excluding hydrogens is 356 g/mol. The molecule has 2 aromatic rings. The van der Waals surface area contributed by atoms with Gasteiger partial charge in [-0.15, -0.1) is 11.3 Å². The van der Waals surface area contributed by atoms with Crippen molar-refractivity contribution < 1.29 is 9.53 Å². The van der Waals surface area contributed by atoms with Crippen molar-refractivity contribution in [2.24, 2.45) is 0 Å². The van der Waals surface area contributed by atoms with Crippen LogP contribution in [0.4, 0.5) is 0 Å². The van der Waals surface area contributed by atoms with Crippen LogP contribution in [0.15, 0.2) is 9.95 Å². The molecule has 2 heterocycles. The maximum absolute atomic E-state index is 13.1. The number of hydrogen-bond acceptors (Lipinski definition) is 6. The average Bonchev–Trinajstić information content (AvgIpc) is 2.84. The zero-order valence-corrected chi connectivity index (χ0v) is 17.3. The molecule has 7 heteroatoms. The molecule has 0 aromatic carbocycles. The Morgan fingerprint density at radius 2 is 2.04 bits per heavy atom. The van der Waals surface area contributed by atoms with E-state index in [9.17, 15) is 9.59 Å². The van der Waals surface area contributed by atoms with E-state index in [1.807, 2.05) is 27.7 Å². The van der Waals surface area contributed by atoms with Crippen molar-refractivity contribution in [2.75, 3.05) is 7.11 Å². The molecule has 0 saturated heterocycles. The van der Waals surface area contributed by atoms with Crippen LogP contribution < -0.4 is 5.56 Å². The molecule has 5 nitrogen and oxygen atoms in total. The minimum Gasteiger partial charge on any atom is -0.468 e. The molecule has 0 amide bonds. The van der Waals surface area contributed by atoms with Crippen LogP contribution in [0, 0.1) is 13.8 Å². The molecule has 1 unspecified atom stereocenters. The summed E-state index contributed by atoms with van der Waals surface area (Å²) in [6, 6.07) is -0.0315. The SMILES string of the molecule is CCCCC(Sc1nc2sc(C)c(C)c2c(=O)n1C(C)C)C(=O)OC. The van der Waals surface area contributed by atoms with Crippen LogP contribution in [0.5, 0.6) is 0 Å². The molecule has 138 valence electrons. The number of thiophene rings is 1. The van der Waals surface area contributed by atoms with Gasteiger partial charge in [0.2, 0.25) is 0 Å². The van der Waals surface area contributed by atoms with Gasteiger partial charge in [0.05, 0.1) is 12.5 Å².